The number of hydrogen-bond donors (Lipinski definition) is 0. The molecule has 1 aliphatic rings. The Hall–Kier alpha value is -1.44. The normalized spacial score (nSPS) is 17.0. The first-order valence-corrected chi connectivity index (χ1v) is 9.12. The molecule has 0 saturated carbocycles. The van der Waals surface area contributed by atoms with Gasteiger partial charge in [0.25, 0.3) is 0 Å². The van der Waals surface area contributed by atoms with Crippen molar-refractivity contribution in [2.24, 2.45) is 5.10 Å². The molecule has 0 bridgehead atoms. The van der Waals surface area contributed by atoms with Crippen molar-refractivity contribution in [3.8, 4) is 5.75 Å². The van der Waals surface area contributed by atoms with Crippen LogP contribution in [0, 0.1) is 0 Å². The Balaban J connectivity index is 2.50. The Labute approximate surface area is 147 Å². The molecule has 1 aliphatic heterocycles. The smallest absolute Gasteiger partial charge is 0.246 e. The summed E-state index contributed by atoms with van der Waals surface area (Å²) in [5, 5.41) is 7.05. The number of nitrogens with zero attached hydrogens (tertiary/aromatic N) is 4. The van der Waals surface area contributed by atoms with E-state index < -0.39 is 10.8 Å². The molecule has 1 atom stereocenters. The Bertz CT molecular complexity index is 746. The van der Waals surface area contributed by atoms with Gasteiger partial charge in [0.2, 0.25) is 11.1 Å². The van der Waals surface area contributed by atoms with Crippen LogP contribution >= 0.6 is 23.2 Å². The summed E-state index contributed by atoms with van der Waals surface area (Å²) < 4.78 is 17.3. The lowest BCUT2D eigenvalue weighted by atomic mass is 10.2. The van der Waals surface area contributed by atoms with Crippen molar-refractivity contribution in [2.45, 2.75) is 25.4 Å². The third-order valence-corrected chi connectivity index (χ3v) is 4.59. The number of hydrazone groups is 1. The first-order valence-electron chi connectivity index (χ1n) is 6.80. The lowest BCUT2D eigenvalue weighted by molar-refractivity contribution is 0.519. The third-order valence-electron chi connectivity index (χ3n) is 3.01. The predicted octanol–water partition coefficient (Wildman–Crippen LogP) is 3.40. The van der Waals surface area contributed by atoms with Crippen molar-refractivity contribution in [1.82, 2.24) is 9.97 Å². The molecule has 0 radical (unpaired) electrons. The highest BCUT2D eigenvalue weighted by Gasteiger charge is 2.26. The molecule has 6 nitrogen and oxygen atoms in total. The van der Waals surface area contributed by atoms with Gasteiger partial charge in [0.1, 0.15) is 0 Å². The van der Waals surface area contributed by atoms with E-state index in [4.69, 9.17) is 27.9 Å². The maximum Gasteiger partial charge on any atom is 0.246 e. The van der Waals surface area contributed by atoms with Gasteiger partial charge in [-0.15, -0.1) is 5.10 Å². The molecule has 2 rings (SSSR count). The molecule has 1 aromatic rings. The summed E-state index contributed by atoms with van der Waals surface area (Å²) in [4.78, 5) is 8.24. The van der Waals surface area contributed by atoms with Gasteiger partial charge in [0.05, 0.1) is 27.6 Å². The summed E-state index contributed by atoms with van der Waals surface area (Å²) in [5.41, 5.74) is 0.527. The van der Waals surface area contributed by atoms with Gasteiger partial charge in [-0.2, -0.15) is 4.98 Å². The average molecular weight is 375 g/mol. The average Bonchev–Trinajstić information content (AvgIpc) is 2.54. The van der Waals surface area contributed by atoms with Crippen LogP contribution in [0.15, 0.2) is 38.2 Å². The van der Waals surface area contributed by atoms with E-state index in [2.05, 4.69) is 15.1 Å². The zero-order chi connectivity index (χ0) is 17.1. The highest BCUT2D eigenvalue weighted by Crippen LogP contribution is 2.33. The number of aromatic nitrogens is 2. The van der Waals surface area contributed by atoms with Crippen molar-refractivity contribution in [1.29, 1.82) is 0 Å². The quantitative estimate of drug-likeness (QED) is 0.596. The van der Waals surface area contributed by atoms with Crippen LogP contribution in [0.25, 0.3) is 0 Å². The second kappa shape index (κ2) is 7.42. The molecule has 1 aromatic heterocycles. The Morgan fingerprint density at radius 3 is 2.74 bits per heavy atom. The van der Waals surface area contributed by atoms with Gasteiger partial charge in [0.15, 0.2) is 11.6 Å². The Morgan fingerprint density at radius 2 is 2.17 bits per heavy atom. The lowest BCUT2D eigenvalue weighted by Gasteiger charge is -2.24. The minimum absolute atomic E-state index is 0.215. The highest BCUT2D eigenvalue weighted by atomic mass is 35.5. The van der Waals surface area contributed by atoms with Crippen molar-refractivity contribution in [3.05, 3.63) is 27.9 Å². The molecule has 0 aromatic carbocycles. The van der Waals surface area contributed by atoms with Gasteiger partial charge in [-0.1, -0.05) is 36.2 Å². The van der Waals surface area contributed by atoms with Crippen LogP contribution in [0.1, 0.15) is 20.3 Å². The number of allylic oxidation sites excluding steroid dienone is 2. The molecular formula is C14H16Cl2N4O2S. The first-order chi connectivity index (χ1) is 10.9. The van der Waals surface area contributed by atoms with Crippen LogP contribution in [0.5, 0.6) is 5.75 Å². The van der Waals surface area contributed by atoms with Gasteiger partial charge in [-0.05, 0) is 13.3 Å². The van der Waals surface area contributed by atoms with Gasteiger partial charge < -0.3 is 4.74 Å². The summed E-state index contributed by atoms with van der Waals surface area (Å²) >= 11 is 12.5. The third kappa shape index (κ3) is 3.73. The monoisotopic (exact) mass is 374 g/mol. The van der Waals surface area contributed by atoms with E-state index >= 15 is 0 Å². The second-order valence-electron chi connectivity index (χ2n) is 4.60. The van der Waals surface area contributed by atoms with Gasteiger partial charge in [-0.3, -0.25) is 4.21 Å². The van der Waals surface area contributed by atoms with Crippen molar-refractivity contribution < 1.29 is 8.95 Å². The molecule has 0 amide bonds. The Morgan fingerprint density at radius 1 is 1.48 bits per heavy atom. The standard InChI is InChI=1S/C14H16Cl2N4O2S/c1-5-8(15)11(9(16)6-2)13-19-20(3)12-10(22-13)7-17-14(18-12)23(4)21/h5,7H,6H2,1-4H3/b8-5+,11-9-. The number of halogens is 2. The SMILES string of the molecule is C/C=C(Cl)\C(C1=NN(C)c2nc(S(C)=O)ncc2O1)=C(\Cl)CC. The molecule has 0 aliphatic carbocycles. The van der Waals surface area contributed by atoms with Crippen LogP contribution in [0.3, 0.4) is 0 Å². The molecule has 2 heterocycles. The Kier molecular flexibility index (Phi) is 5.78. The summed E-state index contributed by atoms with van der Waals surface area (Å²) in [7, 11) is 0.416. The van der Waals surface area contributed by atoms with Crippen molar-refractivity contribution in [2.75, 3.05) is 18.3 Å². The van der Waals surface area contributed by atoms with E-state index in [0.29, 0.717) is 33.6 Å². The van der Waals surface area contributed by atoms with Gasteiger partial charge in [0, 0.05) is 18.3 Å². The van der Waals surface area contributed by atoms with Crippen molar-refractivity contribution in [3.63, 3.8) is 0 Å². The summed E-state index contributed by atoms with van der Waals surface area (Å²) in [6, 6.07) is 0. The zero-order valence-corrected chi connectivity index (χ0v) is 15.5. The number of fused-ring (bicyclic) bond motifs is 1. The van der Waals surface area contributed by atoms with E-state index in [9.17, 15) is 4.21 Å². The van der Waals surface area contributed by atoms with Crippen LogP contribution in [-0.2, 0) is 10.8 Å². The predicted molar refractivity (Wildman–Crippen MR) is 93.6 cm³/mol. The molecule has 0 fully saturated rings. The van der Waals surface area contributed by atoms with Gasteiger partial charge >= 0.3 is 0 Å². The number of anilines is 1. The minimum Gasteiger partial charge on any atom is -0.431 e. The van der Waals surface area contributed by atoms with E-state index in [1.807, 2.05) is 6.92 Å². The summed E-state index contributed by atoms with van der Waals surface area (Å²) in [5.74, 6) is 1.09. The first kappa shape index (κ1) is 17.9. The van der Waals surface area contributed by atoms with E-state index in [0.717, 1.165) is 0 Å². The number of hydrogen-bond acceptors (Lipinski definition) is 6. The molecule has 9 heteroatoms. The molecule has 0 saturated heterocycles. The van der Waals surface area contributed by atoms with Crippen LogP contribution < -0.4 is 9.75 Å². The van der Waals surface area contributed by atoms with E-state index in [-0.39, 0.29) is 11.1 Å². The minimum atomic E-state index is -1.29. The molecular weight excluding hydrogens is 359 g/mol. The lowest BCUT2D eigenvalue weighted by Crippen LogP contribution is -2.27. The fraction of sp³-hybridized carbons (Fsp3) is 0.357. The summed E-state index contributed by atoms with van der Waals surface area (Å²) in [6.07, 6.45) is 5.28. The largest absolute Gasteiger partial charge is 0.431 e. The highest BCUT2D eigenvalue weighted by molar-refractivity contribution is 7.84. The van der Waals surface area contributed by atoms with Crippen LogP contribution in [0.4, 0.5) is 5.82 Å². The molecule has 0 N–H and O–H groups in total. The fourth-order valence-electron chi connectivity index (χ4n) is 1.87. The van der Waals surface area contributed by atoms with Gasteiger partial charge in [-0.25, -0.2) is 9.99 Å². The molecule has 1 unspecified atom stereocenters. The van der Waals surface area contributed by atoms with Crippen LogP contribution in [-0.4, -0.2) is 33.4 Å². The molecule has 23 heavy (non-hydrogen) atoms. The van der Waals surface area contributed by atoms with E-state index in [1.165, 1.54) is 17.5 Å². The second-order valence-corrected chi connectivity index (χ2v) is 6.73. The fourth-order valence-corrected chi connectivity index (χ4v) is 2.71. The zero-order valence-electron chi connectivity index (χ0n) is 13.1. The van der Waals surface area contributed by atoms with Crippen molar-refractivity contribution >= 4 is 45.7 Å². The maximum absolute atomic E-state index is 11.5. The summed E-state index contributed by atoms with van der Waals surface area (Å²) in [6.45, 7) is 3.71. The number of rotatable bonds is 4. The maximum atomic E-state index is 11.5. The number of ether oxygens (including phenoxy) is 1. The topological polar surface area (TPSA) is 67.7 Å². The molecule has 0 spiro atoms. The van der Waals surface area contributed by atoms with Crippen LogP contribution in [0.2, 0.25) is 0 Å². The molecule has 124 valence electrons. The van der Waals surface area contributed by atoms with E-state index in [1.54, 1.807) is 20.0 Å².